The Morgan fingerprint density at radius 2 is 0.900 bits per heavy atom. The Kier molecular flexibility index (Phi) is 232. The molecule has 0 atom stereocenters. The summed E-state index contributed by atoms with van der Waals surface area (Å²) in [6.07, 6.45) is 0. The Balaban J connectivity index is -0.00000000300. The predicted octanol–water partition coefficient (Wildman–Crippen LogP) is -3.62. The van der Waals surface area contributed by atoms with E-state index in [1.807, 2.05) is 0 Å². The summed E-state index contributed by atoms with van der Waals surface area (Å²) in [5, 5.41) is 0. The van der Waals surface area contributed by atoms with Crippen molar-refractivity contribution >= 4 is 44.5 Å². The molecular formula is O6Sn2Zn2. The third-order valence-electron chi connectivity index (χ3n) is 0. The molecule has 6 nitrogen and oxygen atoms in total. The van der Waals surface area contributed by atoms with E-state index in [1.165, 1.54) is 0 Å². The zero-order valence-electron chi connectivity index (χ0n) is 4.86. The minimum absolute atomic E-state index is 0. The van der Waals surface area contributed by atoms with Gasteiger partial charge in [0, 0.05) is 0 Å². The van der Waals surface area contributed by atoms with Gasteiger partial charge >= 0.3 is 93.4 Å². The maximum Gasteiger partial charge on any atom is 4.00 e. The molecule has 0 amide bonds. The van der Waals surface area contributed by atoms with E-state index in [4.69, 9.17) is 9.96 Å². The van der Waals surface area contributed by atoms with Gasteiger partial charge < -0.3 is 16.4 Å². The van der Waals surface area contributed by atoms with Crippen LogP contribution in [0.1, 0.15) is 0 Å². The van der Waals surface area contributed by atoms with Crippen molar-refractivity contribution in [2.45, 2.75) is 0 Å². The van der Waals surface area contributed by atoms with Gasteiger partial charge in [-0.2, -0.15) is 0 Å². The van der Waals surface area contributed by atoms with E-state index in [9.17, 15) is 0 Å². The third kappa shape index (κ3) is 156. The van der Waals surface area contributed by atoms with Gasteiger partial charge in [0.25, 0.3) is 0 Å². The molecule has 0 aliphatic carbocycles. The summed E-state index contributed by atoms with van der Waals surface area (Å²) in [7, 11) is 0. The molecule has 0 N–H and O–H groups in total. The van der Waals surface area contributed by atoms with Crippen LogP contribution in [-0.4, -0.2) is 44.5 Å². The first-order valence-electron chi connectivity index (χ1n) is 0.612. The smallest absolute Gasteiger partial charge is 2.00 e. The van der Waals surface area contributed by atoms with Crippen LogP contribution >= 0.6 is 0 Å². The van der Waals surface area contributed by atoms with Crippen molar-refractivity contribution in [1.29, 1.82) is 0 Å². The number of hydrogen-bond acceptors (Lipinski definition) is 3. The van der Waals surface area contributed by atoms with Crippen LogP contribution in [0.25, 0.3) is 0 Å². The van der Waals surface area contributed by atoms with Gasteiger partial charge in [-0.25, -0.2) is 0 Å². The Morgan fingerprint density at radius 1 is 0.900 bits per heavy atom. The van der Waals surface area contributed by atoms with E-state index in [-0.39, 0.29) is 79.3 Å². The second-order valence-corrected chi connectivity index (χ2v) is 1.68. The summed E-state index contributed by atoms with van der Waals surface area (Å²) in [6.45, 7) is 0. The quantitative estimate of drug-likeness (QED) is 0.341. The van der Waals surface area contributed by atoms with Gasteiger partial charge in [-0.15, -0.1) is 0 Å². The zero-order valence-corrected chi connectivity index (χ0v) is 16.5. The summed E-state index contributed by atoms with van der Waals surface area (Å²) in [5.41, 5.74) is 0. The molecule has 0 rings (SSSR count). The molecule has 0 saturated heterocycles. The third-order valence-corrected chi connectivity index (χ3v) is 0. The molecule has 0 aromatic rings. The van der Waals surface area contributed by atoms with E-state index in [1.54, 1.807) is 0 Å². The Bertz CT molecular complexity index is 36.7. The monoisotopic (exact) mass is 464 g/mol. The minimum atomic E-state index is -4.29. The summed E-state index contributed by atoms with van der Waals surface area (Å²) < 4.78 is 25.8. The summed E-state index contributed by atoms with van der Waals surface area (Å²) in [6, 6.07) is 0. The maximum absolute atomic E-state index is 8.61. The first-order chi connectivity index (χ1) is 1.73. The van der Waals surface area contributed by atoms with Crippen LogP contribution in [0, 0.1) is 0 Å². The summed E-state index contributed by atoms with van der Waals surface area (Å²) >= 11 is -4.29. The van der Waals surface area contributed by atoms with Crippen molar-refractivity contribution in [3.8, 4) is 0 Å². The average molecular weight is 464 g/mol. The van der Waals surface area contributed by atoms with Gasteiger partial charge in [-0.05, 0) is 0 Å². The van der Waals surface area contributed by atoms with Crippen molar-refractivity contribution in [2.75, 3.05) is 0 Å². The fraction of sp³-hybridized carbons (Fsp3) is 0. The molecule has 48 valence electrons. The SMILES string of the molecule is [O-2].[O-2].[O-2].[O]=[Sn]([O-])[O-].[Sn+4].[Zn+2].[Zn+2]. The van der Waals surface area contributed by atoms with Crippen LogP contribution in [0.2, 0.25) is 0 Å². The van der Waals surface area contributed by atoms with Gasteiger partial charge in [-0.3, -0.25) is 0 Å². The molecule has 0 heterocycles. The van der Waals surface area contributed by atoms with Crippen molar-refractivity contribution in [1.82, 2.24) is 0 Å². The summed E-state index contributed by atoms with van der Waals surface area (Å²) in [5.74, 6) is 0. The van der Waals surface area contributed by atoms with Crippen LogP contribution in [0.15, 0.2) is 0 Å². The second-order valence-electron chi connectivity index (χ2n) is 0.250. The van der Waals surface area contributed by atoms with Crippen LogP contribution in [-0.2, 0) is 58.5 Å². The van der Waals surface area contributed by atoms with E-state index < -0.39 is 20.6 Å². The average Bonchev–Trinajstić information content (AvgIpc) is 0.811. The van der Waals surface area contributed by atoms with E-state index in [0.717, 1.165) is 0 Å². The first-order valence-corrected chi connectivity index (χ1v) is 4.11. The fourth-order valence-corrected chi connectivity index (χ4v) is 0. The van der Waals surface area contributed by atoms with Gasteiger partial charge in [0.05, 0.1) is 0 Å². The minimum Gasteiger partial charge on any atom is 2.00 e. The molecule has 0 fully saturated rings. The van der Waals surface area contributed by atoms with Gasteiger partial charge in [0.1, 0.15) is 0 Å². The molecule has 0 radical (unpaired) electrons. The molecule has 0 spiro atoms. The molecule has 10 heavy (non-hydrogen) atoms. The molecule has 0 aliphatic rings. The molecule has 0 aromatic heterocycles. The molecular weight excluding hydrogens is 464 g/mol. The van der Waals surface area contributed by atoms with Crippen LogP contribution in [0.4, 0.5) is 0 Å². The largest absolute Gasteiger partial charge is 4.00 e. The van der Waals surface area contributed by atoms with E-state index in [2.05, 4.69) is 0 Å². The van der Waals surface area contributed by atoms with Gasteiger partial charge in [0.2, 0.25) is 0 Å². The van der Waals surface area contributed by atoms with Crippen LogP contribution < -0.4 is 6.89 Å². The van der Waals surface area contributed by atoms with Crippen molar-refractivity contribution < 1.29 is 65.3 Å². The first kappa shape index (κ1) is 55.0. The fourth-order valence-electron chi connectivity index (χ4n) is 0. The Hall–Kier alpha value is 2.44. The van der Waals surface area contributed by atoms with E-state index >= 15 is 0 Å². The normalized spacial score (nSPS) is 2.60. The number of rotatable bonds is 0. The second kappa shape index (κ2) is 42.1. The molecule has 0 unspecified atom stereocenters. The van der Waals surface area contributed by atoms with Gasteiger partial charge in [0.15, 0.2) is 0 Å². The molecule has 0 bridgehead atoms. The number of hydrogen-bond donors (Lipinski definition) is 0. The molecule has 0 aromatic carbocycles. The van der Waals surface area contributed by atoms with Crippen LogP contribution in [0.5, 0.6) is 0 Å². The maximum atomic E-state index is 8.61. The standard InChI is InChI=1S/6O.2Sn.2Zn/q;3*-2;2*-1;;+4;2*+2. The zero-order chi connectivity index (χ0) is 3.58. The molecule has 10 heteroatoms. The Morgan fingerprint density at radius 3 is 0.900 bits per heavy atom. The molecule has 0 saturated carbocycles. The van der Waals surface area contributed by atoms with Crippen molar-refractivity contribution in [3.63, 3.8) is 0 Å². The predicted molar refractivity (Wildman–Crippen MR) is 14.3 cm³/mol. The molecule has 0 aliphatic heterocycles. The Labute approximate surface area is 108 Å². The van der Waals surface area contributed by atoms with Crippen molar-refractivity contribution in [2.24, 2.45) is 0 Å². The summed E-state index contributed by atoms with van der Waals surface area (Å²) in [4.78, 5) is 0. The van der Waals surface area contributed by atoms with Crippen LogP contribution in [0.3, 0.4) is 0 Å². The topological polar surface area (TPSA) is 149 Å². The van der Waals surface area contributed by atoms with E-state index in [0.29, 0.717) is 0 Å². The van der Waals surface area contributed by atoms with Crippen molar-refractivity contribution in [3.05, 3.63) is 0 Å². The van der Waals surface area contributed by atoms with Gasteiger partial charge in [-0.1, -0.05) is 0 Å².